The lowest BCUT2D eigenvalue weighted by molar-refractivity contribution is -0.121. The molecule has 3 aromatic rings. The summed E-state index contributed by atoms with van der Waals surface area (Å²) in [6.07, 6.45) is 0.792. The molecule has 0 bridgehead atoms. The first-order valence-electron chi connectivity index (χ1n) is 8.53. The molecule has 0 spiro atoms. The second-order valence-electron chi connectivity index (χ2n) is 6.55. The highest BCUT2D eigenvalue weighted by molar-refractivity contribution is 7.22. The van der Waals surface area contributed by atoms with Crippen molar-refractivity contribution in [3.63, 3.8) is 0 Å². The summed E-state index contributed by atoms with van der Waals surface area (Å²) >= 11 is 1.65. The van der Waals surface area contributed by atoms with Crippen molar-refractivity contribution >= 4 is 32.6 Å². The Morgan fingerprint density at radius 1 is 1.23 bits per heavy atom. The molecule has 132 valence electrons. The van der Waals surface area contributed by atoms with Crippen molar-refractivity contribution < 1.29 is 14.3 Å². The third kappa shape index (κ3) is 2.47. The van der Waals surface area contributed by atoms with E-state index in [4.69, 9.17) is 20.2 Å². The van der Waals surface area contributed by atoms with Crippen LogP contribution >= 0.6 is 11.3 Å². The summed E-state index contributed by atoms with van der Waals surface area (Å²) in [4.78, 5) is 18.5. The Bertz CT molecular complexity index is 1020. The van der Waals surface area contributed by atoms with Gasteiger partial charge in [-0.05, 0) is 30.2 Å². The molecule has 3 heterocycles. The van der Waals surface area contributed by atoms with Gasteiger partial charge in [-0.1, -0.05) is 29.5 Å². The number of amides is 1. The van der Waals surface area contributed by atoms with Gasteiger partial charge in [-0.3, -0.25) is 4.79 Å². The Kier molecular flexibility index (Phi) is 3.49. The van der Waals surface area contributed by atoms with Gasteiger partial charge in [-0.2, -0.15) is 0 Å². The van der Waals surface area contributed by atoms with Crippen molar-refractivity contribution in [2.45, 2.75) is 6.42 Å². The lowest BCUT2D eigenvalue weighted by Crippen LogP contribution is -2.27. The monoisotopic (exact) mass is 367 g/mol. The number of hydrogen-bond acceptors (Lipinski definition) is 6. The summed E-state index contributed by atoms with van der Waals surface area (Å²) in [7, 11) is 0. The smallest absolute Gasteiger partial charge is 0.231 e. The van der Waals surface area contributed by atoms with Crippen LogP contribution in [0.3, 0.4) is 0 Å². The molecule has 1 saturated heterocycles. The summed E-state index contributed by atoms with van der Waals surface area (Å²) in [6.45, 7) is 1.72. The number of carbonyl (C=O) groups is 1. The van der Waals surface area contributed by atoms with E-state index in [9.17, 15) is 4.79 Å². The SMILES string of the molecule is NC(=O)C1CCN(c2nc3c(-c4ccc5c(c4)OCO5)cccc3s2)C1. The zero-order chi connectivity index (χ0) is 17.7. The van der Waals surface area contributed by atoms with E-state index in [-0.39, 0.29) is 18.6 Å². The summed E-state index contributed by atoms with van der Waals surface area (Å²) in [5.74, 6) is 1.22. The quantitative estimate of drug-likeness (QED) is 0.770. The van der Waals surface area contributed by atoms with Crippen LogP contribution in [0.15, 0.2) is 36.4 Å². The molecule has 2 aliphatic rings. The van der Waals surface area contributed by atoms with Crippen molar-refractivity contribution in [2.24, 2.45) is 11.7 Å². The molecule has 2 aromatic carbocycles. The van der Waals surface area contributed by atoms with E-state index in [0.717, 1.165) is 50.9 Å². The van der Waals surface area contributed by atoms with E-state index >= 15 is 0 Å². The van der Waals surface area contributed by atoms with E-state index in [1.54, 1.807) is 11.3 Å². The van der Waals surface area contributed by atoms with Crippen molar-refractivity contribution in [1.82, 2.24) is 4.98 Å². The molecular formula is C19H17N3O3S. The molecule has 1 amide bonds. The number of aromatic nitrogens is 1. The van der Waals surface area contributed by atoms with Gasteiger partial charge in [0.15, 0.2) is 16.6 Å². The van der Waals surface area contributed by atoms with Crippen LogP contribution < -0.4 is 20.1 Å². The first-order chi connectivity index (χ1) is 12.7. The number of fused-ring (bicyclic) bond motifs is 2. The molecule has 1 aromatic heterocycles. The number of nitrogens with two attached hydrogens (primary N) is 1. The maximum atomic E-state index is 11.4. The van der Waals surface area contributed by atoms with Crippen molar-refractivity contribution in [3.8, 4) is 22.6 Å². The maximum Gasteiger partial charge on any atom is 0.231 e. The van der Waals surface area contributed by atoms with Gasteiger partial charge in [-0.15, -0.1) is 0 Å². The Morgan fingerprint density at radius 2 is 2.12 bits per heavy atom. The number of rotatable bonds is 3. The highest BCUT2D eigenvalue weighted by Gasteiger charge is 2.28. The van der Waals surface area contributed by atoms with Gasteiger partial charge in [0.25, 0.3) is 0 Å². The van der Waals surface area contributed by atoms with Crippen LogP contribution in [-0.4, -0.2) is 30.8 Å². The topological polar surface area (TPSA) is 77.7 Å². The standard InChI is InChI=1S/C19H17N3O3S/c20-18(23)12-6-7-22(9-12)19-21-17-13(2-1-3-16(17)26-19)11-4-5-14-15(8-11)25-10-24-14/h1-5,8,12H,6-7,9-10H2,(H2,20,23). The van der Waals surface area contributed by atoms with Gasteiger partial charge in [0.2, 0.25) is 12.7 Å². The molecule has 0 aliphatic carbocycles. The molecule has 1 atom stereocenters. The molecule has 2 aliphatic heterocycles. The number of carbonyl (C=O) groups excluding carboxylic acids is 1. The van der Waals surface area contributed by atoms with Crippen LogP contribution in [0, 0.1) is 5.92 Å². The predicted molar refractivity (Wildman–Crippen MR) is 101 cm³/mol. The highest BCUT2D eigenvalue weighted by atomic mass is 32.1. The summed E-state index contributed by atoms with van der Waals surface area (Å²) in [6, 6.07) is 12.1. The van der Waals surface area contributed by atoms with Crippen molar-refractivity contribution in [1.29, 1.82) is 0 Å². The van der Waals surface area contributed by atoms with Crippen LogP contribution in [0.5, 0.6) is 11.5 Å². The minimum absolute atomic E-state index is 0.0876. The van der Waals surface area contributed by atoms with E-state index < -0.39 is 0 Å². The summed E-state index contributed by atoms with van der Waals surface area (Å²) in [5, 5.41) is 0.942. The van der Waals surface area contributed by atoms with Crippen LogP contribution in [-0.2, 0) is 4.79 Å². The normalized spacial score (nSPS) is 18.6. The number of nitrogens with zero attached hydrogens (tertiary/aromatic N) is 2. The number of primary amides is 1. The highest BCUT2D eigenvalue weighted by Crippen LogP contribution is 2.40. The fourth-order valence-electron chi connectivity index (χ4n) is 3.54. The van der Waals surface area contributed by atoms with E-state index in [2.05, 4.69) is 17.0 Å². The minimum Gasteiger partial charge on any atom is -0.454 e. The van der Waals surface area contributed by atoms with Crippen molar-refractivity contribution in [2.75, 3.05) is 24.8 Å². The van der Waals surface area contributed by atoms with Gasteiger partial charge < -0.3 is 20.1 Å². The molecule has 26 heavy (non-hydrogen) atoms. The molecular weight excluding hydrogens is 350 g/mol. The predicted octanol–water partition coefficient (Wildman–Crippen LogP) is 3.00. The summed E-state index contributed by atoms with van der Waals surface area (Å²) in [5.41, 5.74) is 8.53. The second-order valence-corrected chi connectivity index (χ2v) is 7.56. The Labute approximate surface area is 154 Å². The van der Waals surface area contributed by atoms with Crippen LogP contribution in [0.1, 0.15) is 6.42 Å². The largest absolute Gasteiger partial charge is 0.454 e. The number of anilines is 1. The number of ether oxygens (including phenoxy) is 2. The fraction of sp³-hybridized carbons (Fsp3) is 0.263. The van der Waals surface area contributed by atoms with Gasteiger partial charge in [0.05, 0.1) is 16.1 Å². The average molecular weight is 367 g/mol. The first-order valence-corrected chi connectivity index (χ1v) is 9.34. The maximum absolute atomic E-state index is 11.4. The van der Waals surface area contributed by atoms with E-state index in [0.29, 0.717) is 6.54 Å². The third-order valence-electron chi connectivity index (χ3n) is 4.95. The molecule has 6 nitrogen and oxygen atoms in total. The molecule has 5 rings (SSSR count). The Balaban J connectivity index is 1.54. The van der Waals surface area contributed by atoms with Crippen LogP contribution in [0.2, 0.25) is 0 Å². The molecule has 2 N–H and O–H groups in total. The first kappa shape index (κ1) is 15.5. The fourth-order valence-corrected chi connectivity index (χ4v) is 4.56. The number of thiazole rings is 1. The zero-order valence-corrected chi connectivity index (χ0v) is 14.8. The number of benzene rings is 2. The van der Waals surface area contributed by atoms with E-state index in [1.807, 2.05) is 24.3 Å². The molecule has 7 heteroatoms. The van der Waals surface area contributed by atoms with Crippen molar-refractivity contribution in [3.05, 3.63) is 36.4 Å². The van der Waals surface area contributed by atoms with Gasteiger partial charge in [0.1, 0.15) is 0 Å². The molecule has 1 unspecified atom stereocenters. The Morgan fingerprint density at radius 3 is 2.96 bits per heavy atom. The average Bonchev–Trinajstić information content (AvgIpc) is 3.37. The molecule has 0 radical (unpaired) electrons. The molecule has 0 saturated carbocycles. The van der Waals surface area contributed by atoms with Crippen LogP contribution in [0.25, 0.3) is 21.3 Å². The van der Waals surface area contributed by atoms with E-state index in [1.165, 1.54) is 0 Å². The van der Waals surface area contributed by atoms with Gasteiger partial charge >= 0.3 is 0 Å². The van der Waals surface area contributed by atoms with Crippen LogP contribution in [0.4, 0.5) is 5.13 Å². The minimum atomic E-state index is -0.227. The number of hydrogen-bond donors (Lipinski definition) is 1. The lowest BCUT2D eigenvalue weighted by Gasteiger charge is -2.13. The number of para-hydroxylation sites is 1. The van der Waals surface area contributed by atoms with Gasteiger partial charge in [0, 0.05) is 18.7 Å². The zero-order valence-electron chi connectivity index (χ0n) is 14.0. The Hall–Kier alpha value is -2.80. The van der Waals surface area contributed by atoms with Gasteiger partial charge in [-0.25, -0.2) is 4.98 Å². The second kappa shape index (κ2) is 5.88. The summed E-state index contributed by atoms with van der Waals surface area (Å²) < 4.78 is 12.0. The lowest BCUT2D eigenvalue weighted by atomic mass is 10.0. The third-order valence-corrected chi connectivity index (χ3v) is 6.03. The molecule has 1 fully saturated rings.